The summed E-state index contributed by atoms with van der Waals surface area (Å²) in [6.07, 6.45) is 0.852. The van der Waals surface area contributed by atoms with Crippen molar-refractivity contribution >= 4 is 10.8 Å². The van der Waals surface area contributed by atoms with Crippen LogP contribution >= 0.6 is 0 Å². The third-order valence-corrected chi connectivity index (χ3v) is 3.48. The van der Waals surface area contributed by atoms with Crippen LogP contribution in [0.3, 0.4) is 0 Å². The maximum absolute atomic E-state index is 11.5. The quantitative estimate of drug-likeness (QED) is 0.789. The Morgan fingerprint density at radius 3 is 2.69 bits per heavy atom. The number of hydrogen-bond donors (Lipinski definition) is 1. The lowest BCUT2D eigenvalue weighted by atomic mass is 10.2. The van der Waals surface area contributed by atoms with Crippen molar-refractivity contribution in [3.05, 3.63) is 35.9 Å². The predicted molar refractivity (Wildman–Crippen MR) is 67.4 cm³/mol. The van der Waals surface area contributed by atoms with Crippen molar-refractivity contribution in [3.8, 4) is 0 Å². The monoisotopic (exact) mass is 241 g/mol. The molecule has 3 nitrogen and oxygen atoms in total. The minimum Gasteiger partial charge on any atom is -0.364 e. The molecule has 2 atom stereocenters. The molecule has 90 valence electrons. The molecule has 0 amide bonds. The molecule has 0 spiro atoms. The van der Waals surface area contributed by atoms with E-state index in [-0.39, 0.29) is 12.0 Å². The highest BCUT2D eigenvalue weighted by Gasteiger charge is 2.05. The molecule has 16 heavy (non-hydrogen) atoms. The highest BCUT2D eigenvalue weighted by atomic mass is 32.2. The van der Waals surface area contributed by atoms with E-state index in [1.807, 2.05) is 37.3 Å². The van der Waals surface area contributed by atoms with E-state index < -0.39 is 10.8 Å². The van der Waals surface area contributed by atoms with Gasteiger partial charge in [-0.15, -0.1) is 0 Å². The Kier molecular flexibility index (Phi) is 6.30. The van der Waals surface area contributed by atoms with Gasteiger partial charge in [0, 0.05) is 22.6 Å². The molecule has 0 bridgehead atoms. The van der Waals surface area contributed by atoms with E-state index in [9.17, 15) is 4.21 Å². The molecular formula is C12H19NO2S. The largest absolute Gasteiger partial charge is 0.364 e. The van der Waals surface area contributed by atoms with Crippen molar-refractivity contribution < 1.29 is 8.95 Å². The van der Waals surface area contributed by atoms with Crippen molar-refractivity contribution in [3.63, 3.8) is 0 Å². The van der Waals surface area contributed by atoms with Crippen molar-refractivity contribution in [2.45, 2.75) is 26.0 Å². The van der Waals surface area contributed by atoms with E-state index in [0.29, 0.717) is 12.4 Å². The van der Waals surface area contributed by atoms with Gasteiger partial charge >= 0.3 is 0 Å². The zero-order chi connectivity index (χ0) is 11.8. The molecule has 4 heteroatoms. The third kappa shape index (κ3) is 5.39. The summed E-state index contributed by atoms with van der Waals surface area (Å²) in [6.45, 7) is 2.50. The van der Waals surface area contributed by atoms with Gasteiger partial charge in [-0.2, -0.15) is 0 Å². The second kappa shape index (κ2) is 7.54. The summed E-state index contributed by atoms with van der Waals surface area (Å²) in [6, 6.07) is 9.87. The molecule has 0 fully saturated rings. The van der Waals surface area contributed by atoms with Crippen LogP contribution in [0.5, 0.6) is 0 Å². The number of ether oxygens (including phenoxy) is 1. The maximum atomic E-state index is 11.5. The summed E-state index contributed by atoms with van der Waals surface area (Å²) >= 11 is 0. The van der Waals surface area contributed by atoms with Crippen LogP contribution in [0.4, 0.5) is 0 Å². The molecule has 1 aromatic carbocycles. The molecule has 1 aromatic rings. The van der Waals surface area contributed by atoms with Gasteiger partial charge in [-0.3, -0.25) is 4.21 Å². The molecule has 0 aliphatic carbocycles. The highest BCUT2D eigenvalue weighted by molar-refractivity contribution is 7.84. The number of rotatable bonds is 7. The smallest absolute Gasteiger partial charge is 0.122 e. The van der Waals surface area contributed by atoms with Crippen LogP contribution in [0.2, 0.25) is 0 Å². The standard InChI is InChI=1S/C12H19NO2S/c1-2-12(13)9-16(14)10-15-8-11-6-4-3-5-7-11/h3-7,12H,2,8-10,13H2,1H3. The summed E-state index contributed by atoms with van der Waals surface area (Å²) in [7, 11) is -0.971. The molecule has 0 aromatic heterocycles. The van der Waals surface area contributed by atoms with E-state index in [4.69, 9.17) is 10.5 Å². The predicted octanol–water partition coefficient (Wildman–Crippen LogP) is 1.65. The van der Waals surface area contributed by atoms with Crippen LogP contribution in [0.25, 0.3) is 0 Å². The molecule has 0 aliphatic rings. The summed E-state index contributed by atoms with van der Waals surface area (Å²) in [5, 5.41) is 0. The van der Waals surface area contributed by atoms with E-state index in [2.05, 4.69) is 0 Å². The first kappa shape index (κ1) is 13.4. The Morgan fingerprint density at radius 2 is 2.06 bits per heavy atom. The third-order valence-electron chi connectivity index (χ3n) is 2.25. The Morgan fingerprint density at radius 1 is 1.38 bits per heavy atom. The van der Waals surface area contributed by atoms with E-state index in [1.165, 1.54) is 0 Å². The first-order valence-electron chi connectivity index (χ1n) is 5.44. The molecule has 0 radical (unpaired) electrons. The van der Waals surface area contributed by atoms with Gasteiger partial charge in [0.05, 0.1) is 6.61 Å². The number of benzene rings is 1. The first-order chi connectivity index (χ1) is 7.72. The van der Waals surface area contributed by atoms with Gasteiger partial charge in [-0.25, -0.2) is 0 Å². The highest BCUT2D eigenvalue weighted by Crippen LogP contribution is 2.01. The lowest BCUT2D eigenvalue weighted by Crippen LogP contribution is -2.27. The molecule has 0 saturated heterocycles. The van der Waals surface area contributed by atoms with E-state index in [0.717, 1.165) is 12.0 Å². The van der Waals surface area contributed by atoms with Crippen molar-refractivity contribution in [2.24, 2.45) is 5.73 Å². The molecule has 0 heterocycles. The lowest BCUT2D eigenvalue weighted by molar-refractivity contribution is 0.166. The second-order valence-electron chi connectivity index (χ2n) is 3.73. The Labute approximate surface area is 99.4 Å². The molecular weight excluding hydrogens is 222 g/mol. The van der Waals surface area contributed by atoms with E-state index >= 15 is 0 Å². The fourth-order valence-electron chi connectivity index (χ4n) is 1.23. The SMILES string of the molecule is CCC(N)CS(=O)COCc1ccccc1. The van der Waals surface area contributed by atoms with Gasteiger partial charge in [0.15, 0.2) is 0 Å². The van der Waals surface area contributed by atoms with Crippen LogP contribution < -0.4 is 5.73 Å². The van der Waals surface area contributed by atoms with Crippen LogP contribution in [0.1, 0.15) is 18.9 Å². The summed E-state index contributed by atoms with van der Waals surface area (Å²) in [5.41, 5.74) is 6.80. The molecule has 0 aliphatic heterocycles. The molecule has 2 unspecified atom stereocenters. The molecule has 1 rings (SSSR count). The first-order valence-corrected chi connectivity index (χ1v) is 6.93. The van der Waals surface area contributed by atoms with Gasteiger partial charge in [-0.05, 0) is 12.0 Å². The van der Waals surface area contributed by atoms with Gasteiger partial charge in [0.1, 0.15) is 5.94 Å². The lowest BCUT2D eigenvalue weighted by Gasteiger charge is -2.08. The van der Waals surface area contributed by atoms with Crippen LogP contribution in [-0.2, 0) is 22.1 Å². The topological polar surface area (TPSA) is 52.3 Å². The normalized spacial score (nSPS) is 14.6. The maximum Gasteiger partial charge on any atom is 0.122 e. The summed E-state index contributed by atoms with van der Waals surface area (Å²) in [5.74, 6) is 0.786. The zero-order valence-corrected chi connectivity index (χ0v) is 10.4. The van der Waals surface area contributed by atoms with Gasteiger partial charge in [0.25, 0.3) is 0 Å². The van der Waals surface area contributed by atoms with Crippen molar-refractivity contribution in [1.29, 1.82) is 0 Å². The summed E-state index contributed by atoms with van der Waals surface area (Å²) < 4.78 is 16.9. The number of hydrogen-bond acceptors (Lipinski definition) is 3. The van der Waals surface area contributed by atoms with Crippen LogP contribution in [-0.4, -0.2) is 21.9 Å². The van der Waals surface area contributed by atoms with Gasteiger partial charge in [-0.1, -0.05) is 37.3 Å². The summed E-state index contributed by atoms with van der Waals surface area (Å²) in [4.78, 5) is 0. The zero-order valence-electron chi connectivity index (χ0n) is 9.59. The van der Waals surface area contributed by atoms with Crippen molar-refractivity contribution in [2.75, 3.05) is 11.7 Å². The van der Waals surface area contributed by atoms with Crippen LogP contribution in [0.15, 0.2) is 30.3 Å². The Bertz CT molecular complexity index is 316. The molecule has 0 saturated carbocycles. The fraction of sp³-hybridized carbons (Fsp3) is 0.500. The van der Waals surface area contributed by atoms with Gasteiger partial charge in [0.2, 0.25) is 0 Å². The second-order valence-corrected chi connectivity index (χ2v) is 5.18. The average Bonchev–Trinajstić information content (AvgIpc) is 2.30. The number of nitrogens with two attached hydrogens (primary N) is 1. The Balaban J connectivity index is 2.18. The molecule has 2 N–H and O–H groups in total. The average molecular weight is 241 g/mol. The fourth-order valence-corrected chi connectivity index (χ4v) is 2.31. The van der Waals surface area contributed by atoms with Crippen molar-refractivity contribution in [1.82, 2.24) is 0 Å². The Hall–Kier alpha value is -0.710. The minimum absolute atomic E-state index is 0.0150. The van der Waals surface area contributed by atoms with Gasteiger partial charge < -0.3 is 10.5 Å². The van der Waals surface area contributed by atoms with Crippen LogP contribution in [0, 0.1) is 0 Å². The van der Waals surface area contributed by atoms with E-state index in [1.54, 1.807) is 0 Å². The minimum atomic E-state index is -0.971.